The van der Waals surface area contributed by atoms with Crippen LogP contribution in [0.1, 0.15) is 90.1 Å². The minimum absolute atomic E-state index is 0.00836. The van der Waals surface area contributed by atoms with Gasteiger partial charge < -0.3 is 4.74 Å². The van der Waals surface area contributed by atoms with Crippen molar-refractivity contribution in [2.24, 2.45) is 0 Å². The summed E-state index contributed by atoms with van der Waals surface area (Å²) in [6.45, 7) is 24.9. The highest BCUT2D eigenvalue weighted by molar-refractivity contribution is 6.09. The standard InChI is InChI=1S/C56H56N4O/c1-36-16-14-17-37(2)53(36)38-22-25-49-51(28-38)59(43-30-40(55(6,7)8)29-41(31-43)56(9,10)11)35-58(49)42-18-15-19-44(33-42)61-45-23-24-47-46-20-12-13-21-48(46)60(50(47)34-45)52-32-39(26-27-57-52)54(3,4)5/h12-34H,1-11H3. The Balaban J connectivity index is 1.18. The van der Waals surface area contributed by atoms with Crippen LogP contribution in [0.25, 0.3) is 61.2 Å². The third kappa shape index (κ3) is 7.41. The Hall–Kier alpha value is -6.46. The van der Waals surface area contributed by atoms with Crippen LogP contribution in [0, 0.1) is 20.2 Å². The average molecular weight is 801 g/mol. The predicted octanol–water partition coefficient (Wildman–Crippen LogP) is 14.2. The maximum Gasteiger partial charge on any atom is 0.269 e. The minimum atomic E-state index is -0.0333. The van der Waals surface area contributed by atoms with E-state index in [0.717, 1.165) is 56.1 Å². The SMILES string of the molecule is Cc1cccc(C)c1-c1ccc2c(c1)[n+](-c1cc(C(C)(C)C)cc(C(C)(C)C)c1)[c-]n2-c1cccc(Oc2ccc3c4ccccc4n(-c4cc(C(C)(C)C)ccn4)c3c2)c1. The maximum absolute atomic E-state index is 6.76. The van der Waals surface area contributed by atoms with E-state index in [4.69, 9.17) is 9.72 Å². The Labute approximate surface area is 360 Å². The van der Waals surface area contributed by atoms with Crippen LogP contribution in [0.4, 0.5) is 0 Å². The van der Waals surface area contributed by atoms with E-state index >= 15 is 0 Å². The van der Waals surface area contributed by atoms with Gasteiger partial charge in [0.1, 0.15) is 17.3 Å². The lowest BCUT2D eigenvalue weighted by Gasteiger charge is -2.26. The van der Waals surface area contributed by atoms with E-state index in [1.807, 2.05) is 12.3 Å². The molecular weight excluding hydrogens is 745 g/mol. The Bertz CT molecular complexity index is 3090. The molecule has 0 saturated heterocycles. The van der Waals surface area contributed by atoms with Crippen molar-refractivity contribution >= 4 is 32.8 Å². The Morgan fingerprint density at radius 1 is 0.541 bits per heavy atom. The molecule has 3 aromatic heterocycles. The van der Waals surface area contributed by atoms with E-state index in [2.05, 4.69) is 224 Å². The number of aryl methyl sites for hydroxylation is 2. The van der Waals surface area contributed by atoms with Crippen LogP contribution in [0.5, 0.6) is 11.5 Å². The number of rotatable bonds is 6. The van der Waals surface area contributed by atoms with Crippen molar-refractivity contribution in [2.75, 3.05) is 0 Å². The highest BCUT2D eigenvalue weighted by atomic mass is 16.5. The van der Waals surface area contributed by atoms with Crippen molar-refractivity contribution in [3.8, 4) is 39.8 Å². The van der Waals surface area contributed by atoms with Crippen LogP contribution in [-0.4, -0.2) is 14.1 Å². The molecule has 9 rings (SSSR count). The van der Waals surface area contributed by atoms with Crippen LogP contribution >= 0.6 is 0 Å². The Morgan fingerprint density at radius 3 is 1.90 bits per heavy atom. The van der Waals surface area contributed by atoms with Gasteiger partial charge in [-0.25, -0.2) is 4.98 Å². The first-order valence-electron chi connectivity index (χ1n) is 21.5. The zero-order chi connectivity index (χ0) is 43.0. The first kappa shape index (κ1) is 40.0. The summed E-state index contributed by atoms with van der Waals surface area (Å²) in [5, 5.41) is 2.34. The third-order valence-corrected chi connectivity index (χ3v) is 12.1. The molecule has 6 aromatic carbocycles. The van der Waals surface area contributed by atoms with Gasteiger partial charge in [-0.1, -0.05) is 123 Å². The molecule has 0 amide bonds. The van der Waals surface area contributed by atoms with Gasteiger partial charge in [0.05, 0.1) is 33.4 Å². The van der Waals surface area contributed by atoms with Crippen molar-refractivity contribution in [2.45, 2.75) is 92.4 Å². The van der Waals surface area contributed by atoms with Crippen LogP contribution < -0.4 is 9.30 Å². The second kappa shape index (κ2) is 14.6. The number of para-hydroxylation sites is 1. The normalized spacial score (nSPS) is 12.5. The molecule has 0 saturated carbocycles. The van der Waals surface area contributed by atoms with Crippen LogP contribution in [0.2, 0.25) is 0 Å². The van der Waals surface area contributed by atoms with Gasteiger partial charge >= 0.3 is 0 Å². The fraction of sp³-hybridized carbons (Fsp3) is 0.250. The summed E-state index contributed by atoms with van der Waals surface area (Å²) in [5.41, 5.74) is 15.1. The number of ether oxygens (including phenoxy) is 1. The first-order chi connectivity index (χ1) is 28.9. The molecular formula is C56H56N4O. The number of nitrogens with zero attached hydrogens (tertiary/aromatic N) is 4. The number of hydrogen-bond acceptors (Lipinski definition) is 2. The number of aromatic nitrogens is 4. The fourth-order valence-corrected chi connectivity index (χ4v) is 8.61. The van der Waals surface area contributed by atoms with Crippen molar-refractivity contribution in [3.05, 3.63) is 174 Å². The quantitative estimate of drug-likeness (QED) is 0.124. The maximum atomic E-state index is 6.76. The molecule has 0 radical (unpaired) electrons. The molecule has 3 heterocycles. The third-order valence-electron chi connectivity index (χ3n) is 12.1. The molecule has 0 aliphatic heterocycles. The minimum Gasteiger partial charge on any atom is -0.458 e. The van der Waals surface area contributed by atoms with E-state index < -0.39 is 0 Å². The Kier molecular flexibility index (Phi) is 9.58. The molecule has 5 nitrogen and oxygen atoms in total. The zero-order valence-corrected chi connectivity index (χ0v) is 37.5. The molecule has 0 aliphatic carbocycles. The van der Waals surface area contributed by atoms with Crippen molar-refractivity contribution in [1.82, 2.24) is 14.1 Å². The highest BCUT2D eigenvalue weighted by Gasteiger charge is 2.24. The number of fused-ring (bicyclic) bond motifs is 4. The molecule has 0 N–H and O–H groups in total. The number of hydrogen-bond donors (Lipinski definition) is 0. The molecule has 0 unspecified atom stereocenters. The van der Waals surface area contributed by atoms with Crippen LogP contribution in [-0.2, 0) is 16.2 Å². The average Bonchev–Trinajstić information content (AvgIpc) is 3.75. The van der Waals surface area contributed by atoms with Crippen LogP contribution in [0.15, 0.2) is 140 Å². The summed E-state index contributed by atoms with van der Waals surface area (Å²) in [4.78, 5) is 4.88. The van der Waals surface area contributed by atoms with E-state index in [1.165, 1.54) is 44.3 Å². The van der Waals surface area contributed by atoms with Gasteiger partial charge in [-0.15, -0.1) is 0 Å². The predicted molar refractivity (Wildman–Crippen MR) is 253 cm³/mol. The van der Waals surface area contributed by atoms with Crippen molar-refractivity contribution in [1.29, 1.82) is 0 Å². The van der Waals surface area contributed by atoms with E-state index in [9.17, 15) is 0 Å². The number of imidazole rings is 1. The summed E-state index contributed by atoms with van der Waals surface area (Å²) in [7, 11) is 0. The monoisotopic (exact) mass is 800 g/mol. The Morgan fingerprint density at radius 2 is 1.20 bits per heavy atom. The van der Waals surface area contributed by atoms with Gasteiger partial charge in [0, 0.05) is 23.0 Å². The van der Waals surface area contributed by atoms with Gasteiger partial charge in [-0.2, -0.15) is 0 Å². The lowest BCUT2D eigenvalue weighted by molar-refractivity contribution is -0.572. The smallest absolute Gasteiger partial charge is 0.269 e. The van der Waals surface area contributed by atoms with E-state index in [1.54, 1.807) is 0 Å². The lowest BCUT2D eigenvalue weighted by atomic mass is 9.80. The molecule has 306 valence electrons. The molecule has 9 aromatic rings. The molecule has 61 heavy (non-hydrogen) atoms. The summed E-state index contributed by atoms with van der Waals surface area (Å²) in [5.74, 6) is 2.39. The molecule has 0 bridgehead atoms. The van der Waals surface area contributed by atoms with Gasteiger partial charge in [0.2, 0.25) is 0 Å². The molecule has 5 heteroatoms. The fourth-order valence-electron chi connectivity index (χ4n) is 8.61. The molecule has 0 spiro atoms. The largest absolute Gasteiger partial charge is 0.458 e. The number of benzene rings is 6. The molecule has 0 atom stereocenters. The summed E-state index contributed by atoms with van der Waals surface area (Å²) in [6, 6.07) is 48.0. The molecule has 0 fully saturated rings. The highest BCUT2D eigenvalue weighted by Crippen LogP contribution is 2.37. The second-order valence-electron chi connectivity index (χ2n) is 19.8. The van der Waals surface area contributed by atoms with Gasteiger partial charge in [-0.3, -0.25) is 13.7 Å². The van der Waals surface area contributed by atoms with E-state index in [0.29, 0.717) is 0 Å². The van der Waals surface area contributed by atoms with Crippen molar-refractivity contribution < 1.29 is 9.30 Å². The summed E-state index contributed by atoms with van der Waals surface area (Å²) in [6.07, 6.45) is 5.75. The van der Waals surface area contributed by atoms with Gasteiger partial charge in [0.15, 0.2) is 0 Å². The van der Waals surface area contributed by atoms with Crippen LogP contribution in [0.3, 0.4) is 0 Å². The zero-order valence-electron chi connectivity index (χ0n) is 37.5. The van der Waals surface area contributed by atoms with Gasteiger partial charge in [-0.05, 0) is 136 Å². The molecule has 0 aliphatic rings. The second-order valence-corrected chi connectivity index (χ2v) is 19.8. The lowest BCUT2D eigenvalue weighted by Crippen LogP contribution is -2.31. The summed E-state index contributed by atoms with van der Waals surface area (Å²) >= 11 is 0. The topological polar surface area (TPSA) is 35.9 Å². The number of pyridine rings is 1. The first-order valence-corrected chi connectivity index (χ1v) is 21.5. The summed E-state index contributed by atoms with van der Waals surface area (Å²) < 4.78 is 13.4. The van der Waals surface area contributed by atoms with E-state index in [-0.39, 0.29) is 16.2 Å². The van der Waals surface area contributed by atoms with Gasteiger partial charge in [0.25, 0.3) is 6.33 Å². The van der Waals surface area contributed by atoms with Crippen molar-refractivity contribution in [3.63, 3.8) is 0 Å².